The number of nitrogens with one attached hydrogen (secondary N) is 1. The Labute approximate surface area is 123 Å². The zero-order valence-corrected chi connectivity index (χ0v) is 11.7. The van der Waals surface area contributed by atoms with Crippen LogP contribution < -0.4 is 5.32 Å². The highest BCUT2D eigenvalue weighted by Crippen LogP contribution is 2.20. The highest BCUT2D eigenvalue weighted by atomic mass is 16.4. The van der Waals surface area contributed by atoms with Crippen molar-refractivity contribution in [2.24, 2.45) is 0 Å². The van der Waals surface area contributed by atoms with Gasteiger partial charge in [0.25, 0.3) is 0 Å². The molecule has 0 aliphatic carbocycles. The normalized spacial score (nSPS) is 10.2. The minimum atomic E-state index is -0.752. The molecule has 0 radical (unpaired) electrons. The summed E-state index contributed by atoms with van der Waals surface area (Å²) in [6, 6.07) is 11.5. The average Bonchev–Trinajstić information content (AvgIpc) is 2.49. The number of aromatic nitrogens is 1. The van der Waals surface area contributed by atoms with Crippen LogP contribution in [0, 0.1) is 11.3 Å². The van der Waals surface area contributed by atoms with E-state index < -0.39 is 5.97 Å². The van der Waals surface area contributed by atoms with Crippen molar-refractivity contribution in [1.82, 2.24) is 4.98 Å². The van der Waals surface area contributed by atoms with Crippen LogP contribution in [0.3, 0.4) is 0 Å². The van der Waals surface area contributed by atoms with E-state index in [4.69, 9.17) is 5.11 Å². The fourth-order valence-corrected chi connectivity index (χ4v) is 2.15. The van der Waals surface area contributed by atoms with Crippen LogP contribution in [0.4, 0.5) is 5.82 Å². The third-order valence-electron chi connectivity index (χ3n) is 3.21. The predicted octanol–water partition coefficient (Wildman–Crippen LogP) is 3.16. The van der Waals surface area contributed by atoms with Gasteiger partial charge in [0.15, 0.2) is 0 Å². The van der Waals surface area contributed by atoms with E-state index in [0.717, 1.165) is 30.3 Å². The number of nitriles is 1. The minimum absolute atomic E-state index is 0.215. The summed E-state index contributed by atoms with van der Waals surface area (Å²) in [5.41, 5.74) is 1.40. The maximum absolute atomic E-state index is 10.4. The first-order chi connectivity index (χ1) is 10.2. The van der Waals surface area contributed by atoms with Gasteiger partial charge in [-0.2, -0.15) is 5.26 Å². The summed E-state index contributed by atoms with van der Waals surface area (Å²) in [4.78, 5) is 14.9. The molecule has 0 amide bonds. The Morgan fingerprint density at radius 1 is 1.29 bits per heavy atom. The first kappa shape index (κ1) is 14.8. The molecule has 21 heavy (non-hydrogen) atoms. The number of nitrogens with zero attached hydrogens (tertiary/aromatic N) is 2. The Bertz CT molecular complexity index is 677. The summed E-state index contributed by atoms with van der Waals surface area (Å²) in [6.07, 6.45) is 2.64. The summed E-state index contributed by atoms with van der Waals surface area (Å²) in [7, 11) is 0. The number of pyridine rings is 1. The lowest BCUT2D eigenvalue weighted by Gasteiger charge is -2.07. The Balaban J connectivity index is 1.93. The number of carboxylic acids is 1. The van der Waals surface area contributed by atoms with Gasteiger partial charge in [-0.3, -0.25) is 4.79 Å². The number of benzene rings is 1. The largest absolute Gasteiger partial charge is 0.481 e. The molecule has 0 bridgehead atoms. The van der Waals surface area contributed by atoms with Crippen LogP contribution >= 0.6 is 0 Å². The number of para-hydroxylation sites is 1. The van der Waals surface area contributed by atoms with E-state index in [-0.39, 0.29) is 6.42 Å². The Kier molecular flexibility index (Phi) is 5.10. The van der Waals surface area contributed by atoms with Gasteiger partial charge in [-0.15, -0.1) is 0 Å². The van der Waals surface area contributed by atoms with Crippen molar-refractivity contribution in [3.8, 4) is 6.07 Å². The van der Waals surface area contributed by atoms with Crippen LogP contribution in [0.5, 0.6) is 0 Å². The monoisotopic (exact) mass is 283 g/mol. The summed E-state index contributed by atoms with van der Waals surface area (Å²) in [5, 5.41) is 21.8. The number of unbranched alkanes of at least 4 members (excludes halogenated alkanes) is 2. The van der Waals surface area contributed by atoms with E-state index >= 15 is 0 Å². The first-order valence-corrected chi connectivity index (χ1v) is 6.96. The Hall–Kier alpha value is -2.61. The summed E-state index contributed by atoms with van der Waals surface area (Å²) in [5.74, 6) is -0.0682. The molecule has 0 atom stereocenters. The van der Waals surface area contributed by atoms with E-state index in [1.54, 1.807) is 6.07 Å². The van der Waals surface area contributed by atoms with Crippen molar-refractivity contribution in [1.29, 1.82) is 5.26 Å². The summed E-state index contributed by atoms with van der Waals surface area (Å²) in [6.45, 7) is 0.718. The predicted molar refractivity (Wildman–Crippen MR) is 81.1 cm³/mol. The second-order valence-corrected chi connectivity index (χ2v) is 4.82. The fourth-order valence-electron chi connectivity index (χ4n) is 2.15. The molecule has 2 N–H and O–H groups in total. The van der Waals surface area contributed by atoms with Gasteiger partial charge in [0.1, 0.15) is 5.82 Å². The number of anilines is 1. The molecular weight excluding hydrogens is 266 g/mol. The molecule has 0 spiro atoms. The SMILES string of the molecule is N#Cc1cc(NCCCCCC(=O)O)nc2ccccc12. The van der Waals surface area contributed by atoms with E-state index in [1.165, 1.54) is 0 Å². The molecule has 1 aromatic carbocycles. The summed E-state index contributed by atoms with van der Waals surface area (Å²) >= 11 is 0. The van der Waals surface area contributed by atoms with Crippen LogP contribution in [0.1, 0.15) is 31.2 Å². The van der Waals surface area contributed by atoms with Gasteiger partial charge in [-0.05, 0) is 25.0 Å². The zero-order valence-electron chi connectivity index (χ0n) is 11.7. The van der Waals surface area contributed by atoms with Gasteiger partial charge in [0, 0.05) is 18.4 Å². The number of carbonyl (C=O) groups is 1. The van der Waals surface area contributed by atoms with Crippen LogP contribution in [-0.4, -0.2) is 22.6 Å². The van der Waals surface area contributed by atoms with E-state index in [9.17, 15) is 10.1 Å². The van der Waals surface area contributed by atoms with Crippen molar-refractivity contribution in [3.63, 3.8) is 0 Å². The molecule has 1 aromatic heterocycles. The average molecular weight is 283 g/mol. The quantitative estimate of drug-likeness (QED) is 0.762. The van der Waals surface area contributed by atoms with Crippen LogP contribution in [-0.2, 0) is 4.79 Å². The van der Waals surface area contributed by atoms with Gasteiger partial charge in [-0.1, -0.05) is 24.6 Å². The maximum Gasteiger partial charge on any atom is 0.303 e. The number of hydrogen-bond donors (Lipinski definition) is 2. The molecule has 0 aliphatic heterocycles. The van der Waals surface area contributed by atoms with E-state index in [1.807, 2.05) is 24.3 Å². The van der Waals surface area contributed by atoms with Crippen LogP contribution in [0.2, 0.25) is 0 Å². The molecule has 0 saturated heterocycles. The van der Waals surface area contributed by atoms with Crippen molar-refractivity contribution < 1.29 is 9.90 Å². The number of aliphatic carboxylic acids is 1. The first-order valence-electron chi connectivity index (χ1n) is 6.96. The molecule has 1 heterocycles. The van der Waals surface area contributed by atoms with Gasteiger partial charge in [0.05, 0.1) is 17.1 Å². The minimum Gasteiger partial charge on any atom is -0.481 e. The molecule has 5 nitrogen and oxygen atoms in total. The molecule has 0 saturated carbocycles. The Morgan fingerprint density at radius 3 is 2.86 bits per heavy atom. The lowest BCUT2D eigenvalue weighted by atomic mass is 10.1. The van der Waals surface area contributed by atoms with Crippen LogP contribution in [0.15, 0.2) is 30.3 Å². The molecule has 0 unspecified atom stereocenters. The van der Waals surface area contributed by atoms with E-state index in [0.29, 0.717) is 17.8 Å². The molecule has 0 aliphatic rings. The molecular formula is C16H17N3O2. The number of carboxylic acid groups (broad SMARTS) is 1. The molecule has 2 rings (SSSR count). The number of fused-ring (bicyclic) bond motifs is 1. The lowest BCUT2D eigenvalue weighted by molar-refractivity contribution is -0.137. The summed E-state index contributed by atoms with van der Waals surface area (Å²) < 4.78 is 0. The number of hydrogen-bond acceptors (Lipinski definition) is 4. The third-order valence-corrected chi connectivity index (χ3v) is 3.21. The fraction of sp³-hybridized carbons (Fsp3) is 0.312. The molecule has 108 valence electrons. The third kappa shape index (κ3) is 4.18. The van der Waals surface area contributed by atoms with Crippen LogP contribution in [0.25, 0.3) is 10.9 Å². The van der Waals surface area contributed by atoms with E-state index in [2.05, 4.69) is 16.4 Å². The second-order valence-electron chi connectivity index (χ2n) is 4.82. The van der Waals surface area contributed by atoms with Crippen molar-refractivity contribution in [2.75, 3.05) is 11.9 Å². The van der Waals surface area contributed by atoms with Gasteiger partial charge < -0.3 is 10.4 Å². The Morgan fingerprint density at radius 2 is 2.10 bits per heavy atom. The second kappa shape index (κ2) is 7.25. The molecule has 5 heteroatoms. The van der Waals surface area contributed by atoms with Gasteiger partial charge in [0.2, 0.25) is 0 Å². The van der Waals surface area contributed by atoms with Gasteiger partial charge >= 0.3 is 5.97 Å². The molecule has 2 aromatic rings. The van der Waals surface area contributed by atoms with Crippen molar-refractivity contribution in [2.45, 2.75) is 25.7 Å². The van der Waals surface area contributed by atoms with Crippen molar-refractivity contribution >= 4 is 22.7 Å². The van der Waals surface area contributed by atoms with Crippen molar-refractivity contribution in [3.05, 3.63) is 35.9 Å². The maximum atomic E-state index is 10.4. The number of rotatable bonds is 7. The highest BCUT2D eigenvalue weighted by molar-refractivity contribution is 5.86. The zero-order chi connectivity index (χ0) is 15.1. The standard InChI is InChI=1S/C16H17N3O2/c17-11-12-10-15(18-9-5-1-2-8-16(20)21)19-14-7-4-3-6-13(12)14/h3-4,6-7,10H,1-2,5,8-9H2,(H,18,19)(H,20,21). The smallest absolute Gasteiger partial charge is 0.303 e. The molecule has 0 fully saturated rings. The van der Waals surface area contributed by atoms with Gasteiger partial charge in [-0.25, -0.2) is 4.98 Å². The topological polar surface area (TPSA) is 86.0 Å². The lowest BCUT2D eigenvalue weighted by Crippen LogP contribution is -2.04. The highest BCUT2D eigenvalue weighted by Gasteiger charge is 2.04.